The highest BCUT2D eigenvalue weighted by atomic mass is 19.1. The van der Waals surface area contributed by atoms with Crippen molar-refractivity contribution in [3.63, 3.8) is 0 Å². The van der Waals surface area contributed by atoms with E-state index in [1.165, 1.54) is 28.6 Å². The molecule has 12 nitrogen and oxygen atoms in total. The Bertz CT molecular complexity index is 2070. The standard InChI is InChI=1S/C26H33FN6O2.C23H30N2O2/c1-15(2)31-22-11-23(33-24-21(27)10-16(12-28)13-30-24)29-14-20(22)25(34)32-19-8-6-18(7-9-19)26(3,35)17-4-5-17;1-24(27-2)23(26)21-13-15-22(16-14-21)25(17-19-9-5-3-6-10-19)18-20-11-7-4-8-12-20/h10-11,13-15,17-19,35H,4-9H2,1-3H3,(H,32,34)(H2,29,30,31,33);3-12,21-22H,13-18H2,1-2H3/t18?,19?,26-;/m0./s1. The van der Waals surface area contributed by atoms with Crippen molar-refractivity contribution in [2.45, 2.75) is 122 Å². The molecule has 0 saturated heterocycles. The molecule has 0 bridgehead atoms. The van der Waals surface area contributed by atoms with Gasteiger partial charge < -0.3 is 21.1 Å². The van der Waals surface area contributed by atoms with Crippen LogP contribution in [0.2, 0.25) is 0 Å². The Balaban J connectivity index is 0.000000214. The summed E-state index contributed by atoms with van der Waals surface area (Å²) in [5.74, 6) is 0.287. The lowest BCUT2D eigenvalue weighted by atomic mass is 9.74. The van der Waals surface area contributed by atoms with Crippen LogP contribution in [0.3, 0.4) is 0 Å². The van der Waals surface area contributed by atoms with E-state index in [0.29, 0.717) is 29.0 Å². The average Bonchev–Trinajstić information content (AvgIpc) is 4.15. The van der Waals surface area contributed by atoms with Crippen LogP contribution in [0.4, 0.5) is 21.7 Å². The molecule has 0 aliphatic heterocycles. The number of hydrogen-bond acceptors (Lipinski definition) is 10. The average molecular weight is 847 g/mol. The third kappa shape index (κ3) is 12.6. The van der Waals surface area contributed by atoms with Gasteiger partial charge in [0.15, 0.2) is 11.6 Å². The Hall–Kier alpha value is -5.42. The summed E-state index contributed by atoms with van der Waals surface area (Å²) in [6.45, 7) is 7.78. The van der Waals surface area contributed by atoms with Crippen molar-refractivity contribution < 1.29 is 23.9 Å². The van der Waals surface area contributed by atoms with E-state index in [1.807, 2.05) is 26.8 Å². The zero-order valence-corrected chi connectivity index (χ0v) is 36.8. The predicted octanol–water partition coefficient (Wildman–Crippen LogP) is 8.77. The number of benzene rings is 2. The number of amides is 2. The van der Waals surface area contributed by atoms with Crippen molar-refractivity contribution >= 4 is 29.1 Å². The van der Waals surface area contributed by atoms with E-state index in [0.717, 1.165) is 83.4 Å². The summed E-state index contributed by atoms with van der Waals surface area (Å²) >= 11 is 0. The normalized spacial score (nSPS) is 20.8. The smallest absolute Gasteiger partial charge is 0.255 e. The van der Waals surface area contributed by atoms with Gasteiger partial charge in [-0.3, -0.25) is 19.3 Å². The molecule has 0 radical (unpaired) electrons. The van der Waals surface area contributed by atoms with Gasteiger partial charge in [0.05, 0.1) is 29.5 Å². The van der Waals surface area contributed by atoms with E-state index in [4.69, 9.17) is 10.1 Å². The second-order valence-electron chi connectivity index (χ2n) is 17.6. The van der Waals surface area contributed by atoms with Gasteiger partial charge in [-0.05, 0) is 114 Å². The maximum Gasteiger partial charge on any atom is 0.255 e. The van der Waals surface area contributed by atoms with Crippen LogP contribution in [0.1, 0.15) is 112 Å². The summed E-state index contributed by atoms with van der Waals surface area (Å²) in [6.07, 6.45) is 12.4. The van der Waals surface area contributed by atoms with Gasteiger partial charge in [0, 0.05) is 62.6 Å². The van der Waals surface area contributed by atoms with Gasteiger partial charge in [-0.15, -0.1) is 0 Å². The summed E-state index contributed by atoms with van der Waals surface area (Å²) in [7, 11) is 3.25. The van der Waals surface area contributed by atoms with Crippen molar-refractivity contribution in [1.82, 2.24) is 25.2 Å². The minimum atomic E-state index is -0.665. The van der Waals surface area contributed by atoms with Crippen molar-refractivity contribution in [2.24, 2.45) is 17.8 Å². The number of hydroxylamine groups is 2. The maximum absolute atomic E-state index is 14.3. The third-order valence-corrected chi connectivity index (χ3v) is 12.7. The molecule has 62 heavy (non-hydrogen) atoms. The number of hydrogen-bond donors (Lipinski definition) is 4. The van der Waals surface area contributed by atoms with Crippen molar-refractivity contribution in [3.8, 4) is 6.07 Å². The van der Waals surface area contributed by atoms with Crippen LogP contribution < -0.4 is 16.0 Å². The molecule has 7 rings (SSSR count). The fourth-order valence-electron chi connectivity index (χ4n) is 8.92. The van der Waals surface area contributed by atoms with E-state index in [9.17, 15) is 19.1 Å². The third-order valence-electron chi connectivity index (χ3n) is 12.7. The first-order valence-corrected chi connectivity index (χ1v) is 22.1. The first-order valence-electron chi connectivity index (χ1n) is 22.1. The van der Waals surface area contributed by atoms with Gasteiger partial charge in [-0.25, -0.2) is 19.4 Å². The molecule has 3 saturated carbocycles. The Labute approximate surface area is 366 Å². The molecule has 3 aliphatic rings. The van der Waals surface area contributed by atoms with Gasteiger partial charge in [0.25, 0.3) is 5.91 Å². The summed E-state index contributed by atoms with van der Waals surface area (Å²) in [5.41, 5.74) is 3.19. The van der Waals surface area contributed by atoms with Gasteiger partial charge in [0.2, 0.25) is 5.91 Å². The van der Waals surface area contributed by atoms with Crippen LogP contribution in [-0.4, -0.2) is 74.7 Å². The molecular formula is C49H63FN8O4. The van der Waals surface area contributed by atoms with Crippen LogP contribution in [0.25, 0.3) is 0 Å². The van der Waals surface area contributed by atoms with E-state index >= 15 is 0 Å². The largest absolute Gasteiger partial charge is 0.390 e. The molecule has 4 N–H and O–H groups in total. The minimum absolute atomic E-state index is 0.0513. The highest BCUT2D eigenvalue weighted by molar-refractivity contribution is 6.00. The fraction of sp³-hybridized carbons (Fsp3) is 0.490. The first kappa shape index (κ1) is 46.1. The van der Waals surface area contributed by atoms with Crippen LogP contribution in [0.5, 0.6) is 0 Å². The fourth-order valence-corrected chi connectivity index (χ4v) is 8.92. The van der Waals surface area contributed by atoms with Crippen molar-refractivity contribution in [2.75, 3.05) is 24.8 Å². The van der Waals surface area contributed by atoms with E-state index in [-0.39, 0.29) is 47.1 Å². The SMILES string of the molecule is CC(C)Nc1cc(Nc2ncc(C#N)cc2F)ncc1C(=O)NC1CCC([C@@](C)(O)C2CC2)CC1.CON(C)C(=O)C1CCC(N(Cc2ccccc2)Cc2ccccc2)CC1. The van der Waals surface area contributed by atoms with E-state index < -0.39 is 11.4 Å². The van der Waals surface area contributed by atoms with Gasteiger partial charge in [-0.1, -0.05) is 60.7 Å². The Morgan fingerprint density at radius 1 is 0.887 bits per heavy atom. The molecule has 2 aromatic heterocycles. The molecule has 0 unspecified atom stereocenters. The molecule has 2 aromatic carbocycles. The number of rotatable bonds is 15. The number of carbonyl (C=O) groups is 2. The number of pyridine rings is 2. The summed E-state index contributed by atoms with van der Waals surface area (Å²) in [5, 5.41) is 30.3. The van der Waals surface area contributed by atoms with Crippen LogP contribution in [0.15, 0.2) is 85.2 Å². The van der Waals surface area contributed by atoms with Crippen LogP contribution in [0, 0.1) is 34.9 Å². The van der Waals surface area contributed by atoms with Crippen LogP contribution in [-0.2, 0) is 22.7 Å². The number of aliphatic hydroxyl groups is 1. The highest BCUT2D eigenvalue weighted by Crippen LogP contribution is 2.47. The lowest BCUT2D eigenvalue weighted by Gasteiger charge is -2.38. The molecule has 330 valence electrons. The maximum atomic E-state index is 14.3. The van der Waals surface area contributed by atoms with E-state index in [2.05, 4.69) is 91.5 Å². The van der Waals surface area contributed by atoms with Gasteiger partial charge >= 0.3 is 0 Å². The zero-order valence-electron chi connectivity index (χ0n) is 36.8. The number of nitriles is 1. The lowest BCUT2D eigenvalue weighted by Crippen LogP contribution is -2.44. The molecule has 4 aromatic rings. The van der Waals surface area contributed by atoms with E-state index in [1.54, 1.807) is 20.2 Å². The summed E-state index contributed by atoms with van der Waals surface area (Å²) in [4.78, 5) is 41.4. The quantitative estimate of drug-likeness (QED) is 0.0854. The number of carbonyl (C=O) groups excluding carboxylic acids is 2. The topological polar surface area (TPSA) is 156 Å². The monoisotopic (exact) mass is 846 g/mol. The van der Waals surface area contributed by atoms with Crippen LogP contribution >= 0.6 is 0 Å². The second kappa shape index (κ2) is 21.6. The molecule has 1 atom stereocenters. The molecule has 2 heterocycles. The number of nitrogens with one attached hydrogen (secondary N) is 3. The zero-order chi connectivity index (χ0) is 44.2. The highest BCUT2D eigenvalue weighted by Gasteiger charge is 2.46. The Morgan fingerprint density at radius 2 is 1.47 bits per heavy atom. The summed E-state index contributed by atoms with van der Waals surface area (Å²) in [6, 6.07) is 26.5. The van der Waals surface area contributed by atoms with Gasteiger partial charge in [-0.2, -0.15) is 5.26 Å². The molecule has 3 aliphatic carbocycles. The Morgan fingerprint density at radius 3 is 1.98 bits per heavy atom. The lowest BCUT2D eigenvalue weighted by molar-refractivity contribution is -0.174. The van der Waals surface area contributed by atoms with Crippen molar-refractivity contribution in [3.05, 3.63) is 113 Å². The predicted molar refractivity (Wildman–Crippen MR) is 239 cm³/mol. The number of aromatic nitrogens is 2. The number of anilines is 3. The molecule has 13 heteroatoms. The molecule has 0 spiro atoms. The minimum Gasteiger partial charge on any atom is -0.390 e. The molecule has 3 fully saturated rings. The molecular weight excluding hydrogens is 784 g/mol. The summed E-state index contributed by atoms with van der Waals surface area (Å²) < 4.78 is 14.3. The number of halogens is 1. The first-order chi connectivity index (χ1) is 29.8. The second-order valence-corrected chi connectivity index (χ2v) is 17.6. The Kier molecular flexibility index (Phi) is 16.0. The van der Waals surface area contributed by atoms with Crippen molar-refractivity contribution in [1.29, 1.82) is 5.26 Å². The van der Waals surface area contributed by atoms with Gasteiger partial charge in [0.1, 0.15) is 11.9 Å². The number of nitrogens with zero attached hydrogens (tertiary/aromatic N) is 5. The molecule has 2 amide bonds.